The highest BCUT2D eigenvalue weighted by atomic mass is 19.4. The van der Waals surface area contributed by atoms with Crippen LogP contribution in [0.2, 0.25) is 0 Å². The summed E-state index contributed by atoms with van der Waals surface area (Å²) in [6.07, 6.45) is -2.85. The molecule has 0 atom stereocenters. The number of Topliss-reactive ketones (excluding diaryl/α,β-unsaturated/α-hetero) is 1. The van der Waals surface area contributed by atoms with Gasteiger partial charge in [0.05, 0.1) is 0 Å². The maximum Gasteiger partial charge on any atom is 0.573 e. The van der Waals surface area contributed by atoms with E-state index in [1.54, 1.807) is 6.92 Å². The number of hydrogen-bond acceptors (Lipinski definition) is 3. The molecule has 1 amide bonds. The smallest absolute Gasteiger partial charge is 0.406 e. The molecule has 2 N–H and O–H groups in total. The number of ketones is 1. The lowest BCUT2D eigenvalue weighted by atomic mass is 9.94. The standard InChI is InChI=1S/C17H15F3N2O3/c1-9-14-12(3-2-4-13(14)23)22-15(9)16(24)21-10-5-7-11(8-6-10)25-17(18,19)20/h5-8,22H,2-4H2,1H3,(H,21,24). The molecule has 1 aromatic carbocycles. The monoisotopic (exact) mass is 352 g/mol. The topological polar surface area (TPSA) is 71.2 Å². The molecule has 0 radical (unpaired) electrons. The first-order valence-electron chi connectivity index (χ1n) is 7.66. The van der Waals surface area contributed by atoms with E-state index in [4.69, 9.17) is 0 Å². The third-order valence-electron chi connectivity index (χ3n) is 4.01. The van der Waals surface area contributed by atoms with Gasteiger partial charge in [-0.3, -0.25) is 9.59 Å². The minimum Gasteiger partial charge on any atom is -0.406 e. The fourth-order valence-corrected chi connectivity index (χ4v) is 2.93. The van der Waals surface area contributed by atoms with Crippen LogP contribution in [-0.4, -0.2) is 23.0 Å². The van der Waals surface area contributed by atoms with Gasteiger partial charge in [-0.25, -0.2) is 0 Å². The first-order chi connectivity index (χ1) is 11.7. The highest BCUT2D eigenvalue weighted by Gasteiger charge is 2.31. The number of carbonyl (C=O) groups is 2. The Morgan fingerprint density at radius 3 is 2.48 bits per heavy atom. The van der Waals surface area contributed by atoms with Crippen LogP contribution in [-0.2, 0) is 6.42 Å². The van der Waals surface area contributed by atoms with Gasteiger partial charge in [-0.15, -0.1) is 13.2 Å². The number of aromatic amines is 1. The van der Waals surface area contributed by atoms with Crippen molar-refractivity contribution in [1.29, 1.82) is 0 Å². The third kappa shape index (κ3) is 3.67. The van der Waals surface area contributed by atoms with Crippen molar-refractivity contribution in [1.82, 2.24) is 4.98 Å². The van der Waals surface area contributed by atoms with Crippen LogP contribution in [0.15, 0.2) is 24.3 Å². The Bertz CT molecular complexity index is 823. The second-order valence-electron chi connectivity index (χ2n) is 5.78. The SMILES string of the molecule is Cc1c(C(=O)Nc2ccc(OC(F)(F)F)cc2)[nH]c2c1C(=O)CCC2. The number of amides is 1. The largest absolute Gasteiger partial charge is 0.573 e. The van der Waals surface area contributed by atoms with Crippen LogP contribution in [0.1, 0.15) is 44.9 Å². The molecule has 0 spiro atoms. The van der Waals surface area contributed by atoms with Gasteiger partial charge in [0.2, 0.25) is 0 Å². The van der Waals surface area contributed by atoms with E-state index >= 15 is 0 Å². The zero-order valence-electron chi connectivity index (χ0n) is 13.3. The maximum absolute atomic E-state index is 12.4. The van der Waals surface area contributed by atoms with Crippen LogP contribution in [0, 0.1) is 6.92 Å². The highest BCUT2D eigenvalue weighted by Crippen LogP contribution is 2.28. The molecular formula is C17H15F3N2O3. The van der Waals surface area contributed by atoms with Gasteiger partial charge in [-0.05, 0) is 49.6 Å². The van der Waals surface area contributed by atoms with Crippen molar-refractivity contribution in [3.05, 3.63) is 46.8 Å². The Hall–Kier alpha value is -2.77. The van der Waals surface area contributed by atoms with Gasteiger partial charge in [-0.1, -0.05) is 0 Å². The Morgan fingerprint density at radius 1 is 1.20 bits per heavy atom. The lowest BCUT2D eigenvalue weighted by Crippen LogP contribution is -2.17. The van der Waals surface area contributed by atoms with Gasteiger partial charge >= 0.3 is 6.36 Å². The summed E-state index contributed by atoms with van der Waals surface area (Å²) in [5.74, 6) is -0.811. The summed E-state index contributed by atoms with van der Waals surface area (Å²) in [7, 11) is 0. The molecule has 8 heteroatoms. The van der Waals surface area contributed by atoms with Crippen LogP contribution in [0.4, 0.5) is 18.9 Å². The molecule has 0 bridgehead atoms. The van der Waals surface area contributed by atoms with Crippen LogP contribution < -0.4 is 10.1 Å². The van der Waals surface area contributed by atoms with Gasteiger partial charge in [0.15, 0.2) is 5.78 Å². The first kappa shape index (κ1) is 17.1. The number of anilines is 1. The van der Waals surface area contributed by atoms with Gasteiger partial charge in [0.25, 0.3) is 5.91 Å². The number of ether oxygens (including phenoxy) is 1. The molecule has 0 aliphatic heterocycles. The predicted octanol–water partition coefficient (Wildman–Crippen LogP) is 3.99. The lowest BCUT2D eigenvalue weighted by molar-refractivity contribution is -0.274. The van der Waals surface area contributed by atoms with Crippen molar-refractivity contribution < 1.29 is 27.5 Å². The molecule has 0 saturated heterocycles. The van der Waals surface area contributed by atoms with E-state index in [2.05, 4.69) is 15.0 Å². The Labute approximate surface area is 141 Å². The number of benzene rings is 1. The Morgan fingerprint density at radius 2 is 1.88 bits per heavy atom. The van der Waals surface area contributed by atoms with Crippen molar-refractivity contribution >= 4 is 17.4 Å². The van der Waals surface area contributed by atoms with Gasteiger partial charge in [-0.2, -0.15) is 0 Å². The number of rotatable bonds is 3. The molecule has 0 unspecified atom stereocenters. The summed E-state index contributed by atoms with van der Waals surface area (Å²) in [5.41, 5.74) is 2.53. The first-order valence-corrected chi connectivity index (χ1v) is 7.66. The van der Waals surface area contributed by atoms with Crippen molar-refractivity contribution in [2.45, 2.75) is 32.5 Å². The summed E-state index contributed by atoms with van der Waals surface area (Å²) in [6.45, 7) is 1.70. The molecule has 2 aromatic rings. The van der Waals surface area contributed by atoms with Gasteiger partial charge in [0, 0.05) is 23.4 Å². The quantitative estimate of drug-likeness (QED) is 0.877. The summed E-state index contributed by atoms with van der Waals surface area (Å²) in [5, 5.41) is 2.59. The average Bonchev–Trinajstić information content (AvgIpc) is 2.86. The number of hydrogen-bond donors (Lipinski definition) is 2. The van der Waals surface area contributed by atoms with Gasteiger partial charge < -0.3 is 15.0 Å². The van der Waals surface area contributed by atoms with Crippen molar-refractivity contribution in [3.8, 4) is 5.75 Å². The van der Waals surface area contributed by atoms with E-state index in [9.17, 15) is 22.8 Å². The lowest BCUT2D eigenvalue weighted by Gasteiger charge is -2.10. The van der Waals surface area contributed by atoms with E-state index < -0.39 is 12.3 Å². The number of fused-ring (bicyclic) bond motifs is 1. The normalized spacial score (nSPS) is 14.2. The number of halogens is 3. The number of aromatic nitrogens is 1. The number of nitrogens with one attached hydrogen (secondary N) is 2. The molecule has 5 nitrogen and oxygen atoms in total. The molecule has 3 rings (SSSR count). The molecule has 1 aliphatic rings. The van der Waals surface area contributed by atoms with Crippen LogP contribution in [0.3, 0.4) is 0 Å². The average molecular weight is 352 g/mol. The molecule has 0 fully saturated rings. The summed E-state index contributed by atoms with van der Waals surface area (Å²) >= 11 is 0. The fraction of sp³-hybridized carbons (Fsp3) is 0.294. The van der Waals surface area contributed by atoms with Crippen molar-refractivity contribution in [2.24, 2.45) is 0 Å². The highest BCUT2D eigenvalue weighted by molar-refractivity contribution is 6.08. The van der Waals surface area contributed by atoms with Crippen LogP contribution in [0.25, 0.3) is 0 Å². The Kier molecular flexibility index (Phi) is 4.28. The molecule has 1 aromatic heterocycles. The number of H-pyrrole nitrogens is 1. The molecule has 132 valence electrons. The van der Waals surface area contributed by atoms with E-state index in [0.29, 0.717) is 29.7 Å². The van der Waals surface area contributed by atoms with E-state index in [1.807, 2.05) is 0 Å². The zero-order valence-corrected chi connectivity index (χ0v) is 13.3. The maximum atomic E-state index is 12.4. The second-order valence-corrected chi connectivity index (χ2v) is 5.78. The molecular weight excluding hydrogens is 337 g/mol. The van der Waals surface area contributed by atoms with E-state index in [1.165, 1.54) is 12.1 Å². The predicted molar refractivity (Wildman–Crippen MR) is 83.9 cm³/mol. The molecule has 0 saturated carbocycles. The summed E-state index contributed by atoms with van der Waals surface area (Å²) in [6, 6.07) is 4.84. The Balaban J connectivity index is 1.76. The molecule has 25 heavy (non-hydrogen) atoms. The third-order valence-corrected chi connectivity index (χ3v) is 4.01. The van der Waals surface area contributed by atoms with E-state index in [-0.39, 0.29) is 17.2 Å². The minimum absolute atomic E-state index is 0.0164. The second kappa shape index (κ2) is 6.27. The fourth-order valence-electron chi connectivity index (χ4n) is 2.93. The molecule has 1 heterocycles. The van der Waals surface area contributed by atoms with Crippen LogP contribution >= 0.6 is 0 Å². The summed E-state index contributed by atoms with van der Waals surface area (Å²) < 4.78 is 40.2. The van der Waals surface area contributed by atoms with E-state index in [0.717, 1.165) is 24.2 Å². The zero-order chi connectivity index (χ0) is 18.2. The minimum atomic E-state index is -4.77. The van der Waals surface area contributed by atoms with Crippen molar-refractivity contribution in [2.75, 3.05) is 5.32 Å². The number of alkyl halides is 3. The number of carbonyl (C=O) groups excluding carboxylic acids is 2. The summed E-state index contributed by atoms with van der Waals surface area (Å²) in [4.78, 5) is 27.4. The van der Waals surface area contributed by atoms with Crippen LogP contribution in [0.5, 0.6) is 5.75 Å². The van der Waals surface area contributed by atoms with Gasteiger partial charge in [0.1, 0.15) is 11.4 Å². The molecule has 1 aliphatic carbocycles. The van der Waals surface area contributed by atoms with Crippen molar-refractivity contribution in [3.63, 3.8) is 0 Å². The number of aryl methyl sites for hydroxylation is 1.